The second-order valence-corrected chi connectivity index (χ2v) is 5.15. The second-order valence-electron chi connectivity index (χ2n) is 5.15. The molecule has 1 aliphatic heterocycles. The van der Waals surface area contributed by atoms with Crippen LogP contribution in [0.1, 0.15) is 24.5 Å². The minimum atomic E-state index is -4.82. The number of halogens is 3. The molecule has 3 nitrogen and oxygen atoms in total. The molecule has 1 heterocycles. The van der Waals surface area contributed by atoms with Crippen molar-refractivity contribution in [2.75, 3.05) is 13.7 Å². The molecule has 1 amide bonds. The summed E-state index contributed by atoms with van der Waals surface area (Å²) in [5.74, 6) is -1.06. The van der Waals surface area contributed by atoms with E-state index in [0.717, 1.165) is 16.0 Å². The molecule has 116 valence electrons. The maximum Gasteiger partial charge on any atom is 0.471 e. The fourth-order valence-corrected chi connectivity index (χ4v) is 2.74. The molecule has 2 rings (SSSR count). The zero-order chi connectivity index (χ0) is 15.6. The number of hydrogen-bond acceptors (Lipinski definition) is 2. The molecule has 0 fully saturated rings. The zero-order valence-corrected chi connectivity index (χ0v) is 12.0. The largest absolute Gasteiger partial charge is 0.497 e. The van der Waals surface area contributed by atoms with Gasteiger partial charge in [-0.3, -0.25) is 4.79 Å². The van der Waals surface area contributed by atoms with Crippen LogP contribution in [0.15, 0.2) is 18.2 Å². The molecule has 0 aliphatic carbocycles. The number of fused-ring (bicyclic) bond motifs is 1. The van der Waals surface area contributed by atoms with Crippen LogP contribution in [-0.2, 0) is 17.6 Å². The van der Waals surface area contributed by atoms with Gasteiger partial charge in [0.05, 0.1) is 7.11 Å². The van der Waals surface area contributed by atoms with Crippen molar-refractivity contribution < 1.29 is 22.7 Å². The predicted octanol–water partition coefficient (Wildman–Crippen LogP) is 2.96. The highest BCUT2D eigenvalue weighted by Crippen LogP contribution is 2.28. The monoisotopic (exact) mass is 301 g/mol. The third-order valence-corrected chi connectivity index (χ3v) is 3.91. The second kappa shape index (κ2) is 5.95. The van der Waals surface area contributed by atoms with Crippen molar-refractivity contribution >= 4 is 5.91 Å². The zero-order valence-electron chi connectivity index (χ0n) is 12.0. The third kappa shape index (κ3) is 3.31. The Morgan fingerprint density at radius 1 is 1.38 bits per heavy atom. The number of methoxy groups -OCH3 is 1. The Morgan fingerprint density at radius 3 is 2.67 bits per heavy atom. The normalized spacial score (nSPS) is 18.9. The summed E-state index contributed by atoms with van der Waals surface area (Å²) >= 11 is 0. The number of amides is 1. The first-order valence-corrected chi connectivity index (χ1v) is 6.90. The standard InChI is InChI=1S/C15H18F3NO2/c1-3-12-8-10-4-5-13(21-2)9-11(10)6-7-19(12)14(20)15(16,17)18/h4-5,9,12H,3,6-8H2,1-2H3. The van der Waals surface area contributed by atoms with Crippen molar-refractivity contribution in [3.63, 3.8) is 0 Å². The van der Waals surface area contributed by atoms with E-state index in [1.807, 2.05) is 12.1 Å². The van der Waals surface area contributed by atoms with Crippen LogP contribution in [0.5, 0.6) is 5.75 Å². The Morgan fingerprint density at radius 2 is 2.10 bits per heavy atom. The first kappa shape index (κ1) is 15.7. The number of nitrogens with zero attached hydrogens (tertiary/aromatic N) is 1. The molecular weight excluding hydrogens is 283 g/mol. The number of ether oxygens (including phenoxy) is 1. The van der Waals surface area contributed by atoms with Crippen molar-refractivity contribution in [3.8, 4) is 5.75 Å². The summed E-state index contributed by atoms with van der Waals surface area (Å²) < 4.78 is 43.3. The van der Waals surface area contributed by atoms with Crippen molar-refractivity contribution in [2.45, 2.75) is 38.4 Å². The minimum Gasteiger partial charge on any atom is -0.497 e. The summed E-state index contributed by atoms with van der Waals surface area (Å²) in [5.41, 5.74) is 1.94. The van der Waals surface area contributed by atoms with Gasteiger partial charge < -0.3 is 9.64 Å². The van der Waals surface area contributed by atoms with Crippen molar-refractivity contribution in [3.05, 3.63) is 29.3 Å². The topological polar surface area (TPSA) is 29.5 Å². The van der Waals surface area contributed by atoms with Crippen LogP contribution in [-0.4, -0.2) is 36.7 Å². The molecule has 0 aromatic heterocycles. The van der Waals surface area contributed by atoms with Crippen molar-refractivity contribution in [1.82, 2.24) is 4.90 Å². The molecule has 0 saturated heterocycles. The lowest BCUT2D eigenvalue weighted by Crippen LogP contribution is -2.47. The highest BCUT2D eigenvalue weighted by atomic mass is 19.4. The summed E-state index contributed by atoms with van der Waals surface area (Å²) in [6.07, 6.45) is -3.47. The van der Waals surface area contributed by atoms with Gasteiger partial charge in [-0.1, -0.05) is 13.0 Å². The third-order valence-electron chi connectivity index (χ3n) is 3.91. The van der Waals surface area contributed by atoms with Gasteiger partial charge in [-0.05, 0) is 42.5 Å². The van der Waals surface area contributed by atoms with Crippen LogP contribution in [0.25, 0.3) is 0 Å². The summed E-state index contributed by atoms with van der Waals surface area (Å²) in [6, 6.07) is 5.09. The molecule has 21 heavy (non-hydrogen) atoms. The smallest absolute Gasteiger partial charge is 0.471 e. The fraction of sp³-hybridized carbons (Fsp3) is 0.533. The minimum absolute atomic E-state index is 0.0804. The first-order valence-electron chi connectivity index (χ1n) is 6.90. The predicted molar refractivity (Wildman–Crippen MR) is 72.2 cm³/mol. The Bertz CT molecular complexity index is 528. The summed E-state index contributed by atoms with van der Waals surface area (Å²) in [6.45, 7) is 1.88. The Labute approximate surface area is 121 Å². The van der Waals surface area contributed by atoms with E-state index in [4.69, 9.17) is 4.74 Å². The molecule has 6 heteroatoms. The van der Waals surface area contributed by atoms with Crippen LogP contribution in [0.2, 0.25) is 0 Å². The Balaban J connectivity index is 2.29. The van der Waals surface area contributed by atoms with Crippen LogP contribution in [0, 0.1) is 0 Å². The van der Waals surface area contributed by atoms with Gasteiger partial charge in [0.15, 0.2) is 0 Å². The van der Waals surface area contributed by atoms with E-state index in [9.17, 15) is 18.0 Å². The maximum absolute atomic E-state index is 12.7. The van der Waals surface area contributed by atoms with Crippen LogP contribution in [0.3, 0.4) is 0 Å². The van der Waals surface area contributed by atoms with Crippen LogP contribution >= 0.6 is 0 Å². The van der Waals surface area contributed by atoms with Gasteiger partial charge in [0, 0.05) is 12.6 Å². The van der Waals surface area contributed by atoms with Gasteiger partial charge in [-0.2, -0.15) is 13.2 Å². The molecule has 1 atom stereocenters. The van der Waals surface area contributed by atoms with Gasteiger partial charge in [-0.15, -0.1) is 0 Å². The number of carbonyl (C=O) groups excluding carboxylic acids is 1. The lowest BCUT2D eigenvalue weighted by atomic mass is 9.99. The number of carbonyl (C=O) groups is 1. The molecule has 0 saturated carbocycles. The maximum atomic E-state index is 12.7. The number of rotatable bonds is 2. The summed E-state index contributed by atoms with van der Waals surface area (Å²) in [5, 5.41) is 0. The summed E-state index contributed by atoms with van der Waals surface area (Å²) in [7, 11) is 1.55. The molecule has 1 aliphatic rings. The molecule has 0 radical (unpaired) electrons. The Kier molecular flexibility index (Phi) is 4.44. The van der Waals surface area contributed by atoms with E-state index < -0.39 is 18.1 Å². The Hall–Kier alpha value is -1.72. The molecule has 1 aromatic rings. The molecule has 0 spiro atoms. The summed E-state index contributed by atoms with van der Waals surface area (Å²) in [4.78, 5) is 12.6. The lowest BCUT2D eigenvalue weighted by molar-refractivity contribution is -0.187. The molecule has 0 bridgehead atoms. The molecule has 1 unspecified atom stereocenters. The first-order chi connectivity index (χ1) is 9.86. The highest BCUT2D eigenvalue weighted by molar-refractivity contribution is 5.82. The van der Waals surface area contributed by atoms with Crippen LogP contribution in [0.4, 0.5) is 13.2 Å². The van der Waals surface area contributed by atoms with Gasteiger partial charge in [-0.25, -0.2) is 0 Å². The lowest BCUT2D eigenvalue weighted by Gasteiger charge is -2.29. The average Bonchev–Trinajstić information content (AvgIpc) is 2.63. The van der Waals surface area contributed by atoms with E-state index in [0.29, 0.717) is 25.0 Å². The SMILES string of the molecule is CCC1Cc2ccc(OC)cc2CCN1C(=O)C(F)(F)F. The molecule has 1 aromatic carbocycles. The fourth-order valence-electron chi connectivity index (χ4n) is 2.74. The van der Waals surface area contributed by atoms with E-state index in [1.165, 1.54) is 0 Å². The van der Waals surface area contributed by atoms with Crippen molar-refractivity contribution in [2.24, 2.45) is 0 Å². The van der Waals surface area contributed by atoms with Crippen LogP contribution < -0.4 is 4.74 Å². The average molecular weight is 301 g/mol. The van der Waals surface area contributed by atoms with Gasteiger partial charge >= 0.3 is 12.1 Å². The van der Waals surface area contributed by atoms with E-state index >= 15 is 0 Å². The van der Waals surface area contributed by atoms with E-state index in [1.54, 1.807) is 20.1 Å². The number of hydrogen-bond donors (Lipinski definition) is 0. The van der Waals surface area contributed by atoms with E-state index in [2.05, 4.69) is 0 Å². The van der Waals surface area contributed by atoms with E-state index in [-0.39, 0.29) is 6.54 Å². The quantitative estimate of drug-likeness (QED) is 0.840. The van der Waals surface area contributed by atoms with Gasteiger partial charge in [0.1, 0.15) is 5.75 Å². The van der Waals surface area contributed by atoms with Gasteiger partial charge in [0.25, 0.3) is 0 Å². The molecule has 0 N–H and O–H groups in total. The van der Waals surface area contributed by atoms with Crippen molar-refractivity contribution in [1.29, 1.82) is 0 Å². The molecular formula is C15H18F3NO2. The number of alkyl halides is 3. The number of benzene rings is 1. The highest BCUT2D eigenvalue weighted by Gasteiger charge is 2.44. The van der Waals surface area contributed by atoms with Gasteiger partial charge in [0.2, 0.25) is 0 Å².